The molecule has 18 heteroatoms. The first-order valence-electron chi connectivity index (χ1n) is 12.9. The van der Waals surface area contributed by atoms with Gasteiger partial charge < -0.3 is 19.7 Å². The van der Waals surface area contributed by atoms with E-state index in [1.54, 1.807) is 12.3 Å². The standard InChI is InChI=1S/C25H23F4N11O3/c1-37-8-5-14(11-37)40-34-20(33-36-40)13-38-12-18(32-23(41)17-10-31-39-7-2-6-30-22(17)39)21(35-38)16-9-15(42-24(26)27)3-4-19(16)43-25(28)29/h2-4,6-7,9-10,12,14,24-25H,5,8,11,13H2,1H3,(H,32,41). The Morgan fingerprint density at radius 3 is 2.77 bits per heavy atom. The molecular weight excluding hydrogens is 578 g/mol. The van der Waals surface area contributed by atoms with Crippen molar-refractivity contribution >= 4 is 17.2 Å². The van der Waals surface area contributed by atoms with Crippen LogP contribution in [-0.2, 0) is 6.54 Å². The Kier molecular flexibility index (Phi) is 7.58. The SMILES string of the molecule is CN1CCC(n2nnc(Cn3cc(NC(=O)c4cnn5cccnc45)c(-c4cc(OC(F)F)ccc4OC(F)F)n3)n2)C1. The summed E-state index contributed by atoms with van der Waals surface area (Å²) >= 11 is 0. The molecule has 5 heterocycles. The largest absolute Gasteiger partial charge is 0.435 e. The fourth-order valence-electron chi connectivity index (χ4n) is 4.76. The molecular formula is C25H23F4N11O3. The zero-order valence-corrected chi connectivity index (χ0v) is 22.4. The molecule has 1 fully saturated rings. The summed E-state index contributed by atoms with van der Waals surface area (Å²) in [6.45, 7) is -4.77. The van der Waals surface area contributed by atoms with Gasteiger partial charge in [-0.15, -0.1) is 10.2 Å². The number of carbonyl (C=O) groups is 1. The number of tetrazole rings is 1. The highest BCUT2D eigenvalue weighted by molar-refractivity contribution is 6.09. The van der Waals surface area contributed by atoms with E-state index in [4.69, 9.17) is 0 Å². The van der Waals surface area contributed by atoms with Gasteiger partial charge in [-0.25, -0.2) is 9.50 Å². The van der Waals surface area contributed by atoms with Gasteiger partial charge in [-0.1, -0.05) is 0 Å². The summed E-state index contributed by atoms with van der Waals surface area (Å²) in [5.74, 6) is -1.06. The molecule has 1 N–H and O–H groups in total. The number of hydrogen-bond donors (Lipinski definition) is 1. The lowest BCUT2D eigenvalue weighted by atomic mass is 10.1. The normalized spacial score (nSPS) is 15.6. The molecule has 1 aromatic carbocycles. The molecule has 14 nitrogen and oxygen atoms in total. The third-order valence-electron chi connectivity index (χ3n) is 6.65. The van der Waals surface area contributed by atoms with Crippen molar-refractivity contribution in [1.82, 2.24) is 49.5 Å². The Labute approximate surface area is 239 Å². The van der Waals surface area contributed by atoms with Crippen LogP contribution in [0.25, 0.3) is 16.9 Å². The van der Waals surface area contributed by atoms with Crippen molar-refractivity contribution in [2.24, 2.45) is 0 Å². The summed E-state index contributed by atoms with van der Waals surface area (Å²) in [5.41, 5.74) is 0.207. The van der Waals surface area contributed by atoms with Gasteiger partial charge in [-0.3, -0.25) is 9.48 Å². The van der Waals surface area contributed by atoms with E-state index in [0.717, 1.165) is 37.7 Å². The lowest BCUT2D eigenvalue weighted by molar-refractivity contribution is -0.0526. The molecule has 224 valence electrons. The highest BCUT2D eigenvalue weighted by Gasteiger charge is 2.25. The number of nitrogens with zero attached hydrogens (tertiary/aromatic N) is 10. The lowest BCUT2D eigenvalue weighted by Crippen LogP contribution is -2.18. The van der Waals surface area contributed by atoms with Crippen LogP contribution >= 0.6 is 0 Å². The fourth-order valence-corrected chi connectivity index (χ4v) is 4.76. The van der Waals surface area contributed by atoms with E-state index in [1.165, 1.54) is 32.6 Å². The molecule has 1 amide bonds. The van der Waals surface area contributed by atoms with Crippen molar-refractivity contribution in [3.63, 3.8) is 0 Å². The minimum Gasteiger partial charge on any atom is -0.435 e. The van der Waals surface area contributed by atoms with Crippen LogP contribution in [-0.4, -0.2) is 88.8 Å². The number of fused-ring (bicyclic) bond motifs is 1. The van der Waals surface area contributed by atoms with Gasteiger partial charge in [-0.05, 0) is 42.9 Å². The number of anilines is 1. The van der Waals surface area contributed by atoms with Gasteiger partial charge in [0.1, 0.15) is 29.3 Å². The number of carbonyl (C=O) groups excluding carboxylic acids is 1. The maximum Gasteiger partial charge on any atom is 0.387 e. The Morgan fingerprint density at radius 1 is 1.16 bits per heavy atom. The predicted molar refractivity (Wildman–Crippen MR) is 140 cm³/mol. The Bertz CT molecular complexity index is 1760. The van der Waals surface area contributed by atoms with Crippen molar-refractivity contribution in [1.29, 1.82) is 0 Å². The van der Waals surface area contributed by atoms with E-state index in [0.29, 0.717) is 5.82 Å². The number of likely N-dealkylation sites (tertiary alicyclic amines) is 1. The van der Waals surface area contributed by atoms with Crippen LogP contribution in [0.4, 0.5) is 23.2 Å². The van der Waals surface area contributed by atoms with Crippen LogP contribution in [0, 0.1) is 0 Å². The topological polar surface area (TPSA) is 142 Å². The highest BCUT2D eigenvalue weighted by atomic mass is 19.3. The van der Waals surface area contributed by atoms with Gasteiger partial charge in [0.2, 0.25) is 0 Å². The fraction of sp³-hybridized carbons (Fsp3) is 0.320. The highest BCUT2D eigenvalue weighted by Crippen LogP contribution is 2.38. The minimum absolute atomic E-state index is 0.0119. The molecule has 1 unspecified atom stereocenters. The number of alkyl halides is 4. The molecule has 4 aromatic heterocycles. The molecule has 1 atom stereocenters. The summed E-state index contributed by atoms with van der Waals surface area (Å²) in [5, 5.41) is 23.9. The van der Waals surface area contributed by atoms with E-state index < -0.39 is 19.1 Å². The van der Waals surface area contributed by atoms with Crippen LogP contribution in [0.15, 0.2) is 49.1 Å². The van der Waals surface area contributed by atoms with Gasteiger partial charge in [0.05, 0.1) is 23.5 Å². The van der Waals surface area contributed by atoms with Crippen molar-refractivity contribution in [2.75, 3.05) is 25.5 Å². The second-order valence-electron chi connectivity index (χ2n) is 9.63. The van der Waals surface area contributed by atoms with Crippen molar-refractivity contribution in [3.05, 3.63) is 60.4 Å². The van der Waals surface area contributed by atoms with Crippen LogP contribution in [0.3, 0.4) is 0 Å². The molecule has 0 bridgehead atoms. The molecule has 5 aromatic rings. The Balaban J connectivity index is 1.38. The van der Waals surface area contributed by atoms with E-state index >= 15 is 0 Å². The monoisotopic (exact) mass is 601 g/mol. The quantitative estimate of drug-likeness (QED) is 0.238. The summed E-state index contributed by atoms with van der Waals surface area (Å²) in [6, 6.07) is 4.85. The molecule has 43 heavy (non-hydrogen) atoms. The predicted octanol–water partition coefficient (Wildman–Crippen LogP) is 2.96. The Hall–Kier alpha value is -5.13. The number of halogens is 4. The summed E-state index contributed by atoms with van der Waals surface area (Å²) in [6.07, 6.45) is 6.69. The van der Waals surface area contributed by atoms with E-state index in [2.05, 4.69) is 50.3 Å². The number of amides is 1. The number of nitrogens with one attached hydrogen (secondary N) is 1. The smallest absolute Gasteiger partial charge is 0.387 e. The van der Waals surface area contributed by atoms with Gasteiger partial charge in [-0.2, -0.15) is 32.6 Å². The number of rotatable bonds is 10. The van der Waals surface area contributed by atoms with Crippen molar-refractivity contribution in [2.45, 2.75) is 32.2 Å². The number of ether oxygens (including phenoxy) is 2. The number of benzene rings is 1. The van der Waals surface area contributed by atoms with Crippen LogP contribution in [0.1, 0.15) is 28.6 Å². The van der Waals surface area contributed by atoms with Gasteiger partial charge >= 0.3 is 13.2 Å². The first-order chi connectivity index (χ1) is 20.7. The average molecular weight is 602 g/mol. The van der Waals surface area contributed by atoms with Gasteiger partial charge in [0.15, 0.2) is 11.5 Å². The number of likely N-dealkylation sites (N-methyl/N-ethyl adjacent to an activating group) is 1. The second kappa shape index (κ2) is 11.6. The molecule has 0 aliphatic carbocycles. The first kappa shape index (κ1) is 28.0. The number of aromatic nitrogens is 9. The first-order valence-corrected chi connectivity index (χ1v) is 12.9. The third kappa shape index (κ3) is 6.08. The summed E-state index contributed by atoms with van der Waals surface area (Å²) in [4.78, 5) is 21.2. The molecule has 1 saturated heterocycles. The van der Waals surface area contributed by atoms with Crippen LogP contribution in [0.5, 0.6) is 11.5 Å². The Morgan fingerprint density at radius 2 is 2.00 bits per heavy atom. The maximum absolute atomic E-state index is 13.3. The van der Waals surface area contributed by atoms with Crippen LogP contribution < -0.4 is 14.8 Å². The summed E-state index contributed by atoms with van der Waals surface area (Å²) in [7, 11) is 2.00. The number of hydrogen-bond acceptors (Lipinski definition) is 10. The molecule has 6 rings (SSSR count). The maximum atomic E-state index is 13.3. The van der Waals surface area contributed by atoms with Gasteiger partial charge in [0, 0.05) is 31.7 Å². The third-order valence-corrected chi connectivity index (χ3v) is 6.65. The zero-order valence-electron chi connectivity index (χ0n) is 22.4. The van der Waals surface area contributed by atoms with E-state index in [9.17, 15) is 22.4 Å². The zero-order chi connectivity index (χ0) is 30.1. The molecule has 1 aliphatic rings. The van der Waals surface area contributed by atoms with E-state index in [-0.39, 0.29) is 52.2 Å². The lowest BCUT2D eigenvalue weighted by Gasteiger charge is -2.13. The second-order valence-corrected chi connectivity index (χ2v) is 9.63. The average Bonchev–Trinajstić information content (AvgIpc) is 3.76. The molecule has 0 spiro atoms. The van der Waals surface area contributed by atoms with E-state index in [1.807, 2.05) is 7.05 Å². The summed E-state index contributed by atoms with van der Waals surface area (Å²) < 4.78 is 64.5. The molecule has 0 saturated carbocycles. The van der Waals surface area contributed by atoms with Crippen molar-refractivity contribution in [3.8, 4) is 22.8 Å². The van der Waals surface area contributed by atoms with Gasteiger partial charge in [0.25, 0.3) is 5.91 Å². The molecule has 1 aliphatic heterocycles. The molecule has 0 radical (unpaired) electrons. The van der Waals surface area contributed by atoms with Crippen LogP contribution in [0.2, 0.25) is 0 Å². The minimum atomic E-state index is -3.24. The van der Waals surface area contributed by atoms with Crippen molar-refractivity contribution < 1.29 is 31.8 Å².